The van der Waals surface area contributed by atoms with Crippen LogP contribution in [0.2, 0.25) is 0 Å². The van der Waals surface area contributed by atoms with Crippen molar-refractivity contribution in [1.29, 1.82) is 0 Å². The molecule has 0 unspecified atom stereocenters. The van der Waals surface area contributed by atoms with E-state index in [9.17, 15) is 9.59 Å². The molecule has 142 valence electrons. The number of carbonyl (C=O) groups excluding carboxylic acids is 1. The van der Waals surface area contributed by atoms with Crippen LogP contribution in [0.1, 0.15) is 5.56 Å². The zero-order chi connectivity index (χ0) is 20.2. The first-order valence-electron chi connectivity index (χ1n) is 8.86. The molecule has 1 heterocycles. The van der Waals surface area contributed by atoms with Crippen molar-refractivity contribution in [2.24, 2.45) is 0 Å². The average Bonchev–Trinajstić information content (AvgIpc) is 2.74. The second-order valence-corrected chi connectivity index (χ2v) is 7.22. The van der Waals surface area contributed by atoms with E-state index in [1.54, 1.807) is 18.2 Å². The molecule has 0 saturated carbocycles. The van der Waals surface area contributed by atoms with Crippen LogP contribution < -0.4 is 10.2 Å². The van der Waals surface area contributed by atoms with Crippen LogP contribution in [0.15, 0.2) is 98.8 Å². The monoisotopic (exact) mass is 446 g/mol. The Hall–Kier alpha value is -3.44. The fourth-order valence-electron chi connectivity index (χ4n) is 2.88. The molecule has 29 heavy (non-hydrogen) atoms. The first kappa shape index (κ1) is 18.9. The van der Waals surface area contributed by atoms with Gasteiger partial charge in [-0.05, 0) is 41.5 Å². The average molecular weight is 447 g/mol. The van der Waals surface area contributed by atoms with Crippen LogP contribution in [0.3, 0.4) is 0 Å². The Bertz CT molecular complexity index is 1260. The van der Waals surface area contributed by atoms with Gasteiger partial charge in [-0.1, -0.05) is 58.4 Å². The van der Waals surface area contributed by atoms with E-state index in [1.165, 1.54) is 18.4 Å². The summed E-state index contributed by atoms with van der Waals surface area (Å²) in [6, 6.07) is 21.6. The Kier molecular flexibility index (Phi) is 5.40. The van der Waals surface area contributed by atoms with E-state index >= 15 is 0 Å². The number of hydrogen-bond acceptors (Lipinski definition) is 4. The molecule has 5 heteroatoms. The highest BCUT2D eigenvalue weighted by Gasteiger charge is 2.11. The largest absolute Gasteiger partial charge is 0.463 e. The minimum Gasteiger partial charge on any atom is -0.463 e. The summed E-state index contributed by atoms with van der Waals surface area (Å²) in [5, 5.41) is 0.421. The molecule has 4 aromatic rings. The maximum absolute atomic E-state index is 12.8. The van der Waals surface area contributed by atoms with Gasteiger partial charge in [-0.2, -0.15) is 0 Å². The number of ether oxygens (including phenoxy) is 1. The van der Waals surface area contributed by atoms with Gasteiger partial charge in [-0.25, -0.2) is 4.79 Å². The van der Waals surface area contributed by atoms with Crippen molar-refractivity contribution in [2.45, 2.75) is 0 Å². The number of carbonyl (C=O) groups is 1. The van der Waals surface area contributed by atoms with Gasteiger partial charge in [0.2, 0.25) is 0 Å². The summed E-state index contributed by atoms with van der Waals surface area (Å²) in [4.78, 5) is 24.9. The van der Waals surface area contributed by atoms with Gasteiger partial charge in [-0.15, -0.1) is 0 Å². The van der Waals surface area contributed by atoms with Crippen molar-refractivity contribution in [3.63, 3.8) is 0 Å². The quantitative estimate of drug-likeness (QED) is 0.224. The lowest BCUT2D eigenvalue weighted by Gasteiger charge is -2.05. The van der Waals surface area contributed by atoms with Crippen LogP contribution in [0, 0.1) is 0 Å². The van der Waals surface area contributed by atoms with Crippen LogP contribution >= 0.6 is 15.9 Å². The van der Waals surface area contributed by atoms with Gasteiger partial charge in [0.15, 0.2) is 5.43 Å². The molecule has 4 rings (SSSR count). The Morgan fingerprint density at radius 1 is 0.966 bits per heavy atom. The van der Waals surface area contributed by atoms with E-state index in [2.05, 4.69) is 15.9 Å². The number of hydrogen-bond donors (Lipinski definition) is 0. The van der Waals surface area contributed by atoms with Crippen molar-refractivity contribution in [2.75, 3.05) is 0 Å². The van der Waals surface area contributed by atoms with E-state index in [-0.39, 0.29) is 5.43 Å². The van der Waals surface area contributed by atoms with Crippen molar-refractivity contribution >= 4 is 38.9 Å². The summed E-state index contributed by atoms with van der Waals surface area (Å²) in [6.07, 6.45) is 4.45. The van der Waals surface area contributed by atoms with Crippen LogP contribution in [0.4, 0.5) is 0 Å². The van der Waals surface area contributed by atoms with Crippen molar-refractivity contribution in [3.8, 4) is 16.9 Å². The lowest BCUT2D eigenvalue weighted by molar-refractivity contribution is -0.128. The lowest BCUT2D eigenvalue weighted by atomic mass is 10.1. The summed E-state index contributed by atoms with van der Waals surface area (Å²) < 4.78 is 11.9. The van der Waals surface area contributed by atoms with Gasteiger partial charge in [0.05, 0.1) is 10.9 Å². The predicted octanol–water partition coefficient (Wildman–Crippen LogP) is 5.84. The molecule has 0 aliphatic rings. The summed E-state index contributed by atoms with van der Waals surface area (Å²) >= 11 is 3.38. The molecule has 0 atom stereocenters. The normalized spacial score (nSPS) is 11.1. The Morgan fingerprint density at radius 3 is 2.48 bits per heavy atom. The molecule has 0 aliphatic heterocycles. The van der Waals surface area contributed by atoms with Crippen LogP contribution in [-0.4, -0.2) is 5.97 Å². The van der Waals surface area contributed by atoms with Crippen molar-refractivity contribution in [1.82, 2.24) is 0 Å². The van der Waals surface area contributed by atoms with E-state index < -0.39 is 5.97 Å². The van der Waals surface area contributed by atoms with Crippen molar-refractivity contribution < 1.29 is 13.9 Å². The summed E-state index contributed by atoms with van der Waals surface area (Å²) in [7, 11) is 0. The first-order chi connectivity index (χ1) is 14.1. The van der Waals surface area contributed by atoms with Gasteiger partial charge in [-0.3, -0.25) is 4.79 Å². The standard InChI is InChI=1S/C24H15BrO4/c25-18-9-7-17(8-10-18)21-15-28-22-14-19(11-12-20(22)24(21)27)29-23(26)13-6-16-4-2-1-3-5-16/h1-15H. The molecule has 0 amide bonds. The molecular formula is C24H15BrO4. The molecule has 0 bridgehead atoms. The number of esters is 1. The second kappa shape index (κ2) is 8.29. The number of benzene rings is 3. The van der Waals surface area contributed by atoms with E-state index in [0.29, 0.717) is 22.3 Å². The molecule has 0 saturated heterocycles. The Balaban J connectivity index is 1.57. The molecule has 3 aromatic carbocycles. The minimum atomic E-state index is -0.512. The molecule has 0 fully saturated rings. The fraction of sp³-hybridized carbons (Fsp3) is 0. The first-order valence-corrected chi connectivity index (χ1v) is 9.66. The highest BCUT2D eigenvalue weighted by molar-refractivity contribution is 9.10. The van der Waals surface area contributed by atoms with Crippen LogP contribution in [0.5, 0.6) is 5.75 Å². The van der Waals surface area contributed by atoms with Crippen molar-refractivity contribution in [3.05, 3.63) is 105 Å². The molecule has 4 nitrogen and oxygen atoms in total. The molecule has 0 N–H and O–H groups in total. The fourth-order valence-corrected chi connectivity index (χ4v) is 3.14. The third kappa shape index (κ3) is 4.36. The van der Waals surface area contributed by atoms with Gasteiger partial charge in [0.1, 0.15) is 17.6 Å². The number of halogens is 1. The van der Waals surface area contributed by atoms with Gasteiger partial charge >= 0.3 is 5.97 Å². The van der Waals surface area contributed by atoms with Crippen LogP contribution in [-0.2, 0) is 4.79 Å². The summed E-state index contributed by atoms with van der Waals surface area (Å²) in [6.45, 7) is 0. The maximum Gasteiger partial charge on any atom is 0.336 e. The van der Waals surface area contributed by atoms with Gasteiger partial charge in [0.25, 0.3) is 0 Å². The topological polar surface area (TPSA) is 56.5 Å². The van der Waals surface area contributed by atoms with E-state index in [1.807, 2.05) is 54.6 Å². The van der Waals surface area contributed by atoms with E-state index in [0.717, 1.165) is 15.6 Å². The highest BCUT2D eigenvalue weighted by atomic mass is 79.9. The lowest BCUT2D eigenvalue weighted by Crippen LogP contribution is -2.06. The maximum atomic E-state index is 12.8. The Morgan fingerprint density at radius 2 is 1.72 bits per heavy atom. The molecule has 0 spiro atoms. The molecule has 0 radical (unpaired) electrons. The van der Waals surface area contributed by atoms with Gasteiger partial charge in [0, 0.05) is 16.6 Å². The van der Waals surface area contributed by atoms with Gasteiger partial charge < -0.3 is 9.15 Å². The minimum absolute atomic E-state index is 0.143. The molecular weight excluding hydrogens is 432 g/mol. The van der Waals surface area contributed by atoms with E-state index in [4.69, 9.17) is 9.15 Å². The number of rotatable bonds is 4. The zero-order valence-electron chi connectivity index (χ0n) is 15.2. The number of fused-ring (bicyclic) bond motifs is 1. The van der Waals surface area contributed by atoms with Crippen LogP contribution in [0.25, 0.3) is 28.2 Å². The third-order valence-corrected chi connectivity index (χ3v) is 4.86. The SMILES string of the molecule is O=C(C=Cc1ccccc1)Oc1ccc2c(=O)c(-c3ccc(Br)cc3)coc2c1. The third-order valence-electron chi connectivity index (χ3n) is 4.33. The highest BCUT2D eigenvalue weighted by Crippen LogP contribution is 2.24. The smallest absolute Gasteiger partial charge is 0.336 e. The Labute approximate surface area is 175 Å². The second-order valence-electron chi connectivity index (χ2n) is 6.31. The molecule has 0 aliphatic carbocycles. The summed E-state index contributed by atoms with van der Waals surface area (Å²) in [5.41, 5.74) is 2.35. The summed E-state index contributed by atoms with van der Waals surface area (Å²) in [5.74, 6) is -0.207. The predicted molar refractivity (Wildman–Crippen MR) is 117 cm³/mol. The molecule has 1 aromatic heterocycles. The zero-order valence-corrected chi connectivity index (χ0v) is 16.8.